The Morgan fingerprint density at radius 3 is 2.90 bits per heavy atom. The van der Waals surface area contributed by atoms with Crippen molar-refractivity contribution < 1.29 is 4.79 Å². The Morgan fingerprint density at radius 2 is 2.40 bits per heavy atom. The number of hydrogen-bond donors (Lipinski definition) is 1. The molecule has 1 spiro atoms. The molecule has 1 N–H and O–H groups in total. The normalized spacial score (nSPS) is 37.4. The van der Waals surface area contributed by atoms with Crippen molar-refractivity contribution in [2.75, 3.05) is 0 Å². The van der Waals surface area contributed by atoms with Crippen LogP contribution >= 0.6 is 0 Å². The molecule has 1 aliphatic carbocycles. The highest BCUT2D eigenvalue weighted by Crippen LogP contribution is 2.30. The lowest BCUT2D eigenvalue weighted by atomic mass is 9.79. The molecule has 1 amide bonds. The van der Waals surface area contributed by atoms with Crippen molar-refractivity contribution in [3.05, 3.63) is 12.2 Å². The topological polar surface area (TPSA) is 29.1 Å². The summed E-state index contributed by atoms with van der Waals surface area (Å²) in [6.07, 6.45) is 8.56. The van der Waals surface area contributed by atoms with Gasteiger partial charge < -0.3 is 5.32 Å². The van der Waals surface area contributed by atoms with E-state index >= 15 is 0 Å². The molecule has 2 rings (SSSR count). The first-order valence-electron chi connectivity index (χ1n) is 3.80. The SMILES string of the molecule is O=C1CC2(C=CCCC2)N1. The number of rotatable bonds is 0. The standard InChI is InChI=1S/C8H11NO/c10-7-6-8(9-7)4-2-1-3-5-8/h2,4H,1,3,5-6H2,(H,9,10). The van der Waals surface area contributed by atoms with Crippen molar-refractivity contribution in [1.82, 2.24) is 5.32 Å². The van der Waals surface area contributed by atoms with E-state index in [1.165, 1.54) is 12.8 Å². The van der Waals surface area contributed by atoms with Crippen LogP contribution in [0.4, 0.5) is 0 Å². The second kappa shape index (κ2) is 1.84. The summed E-state index contributed by atoms with van der Waals surface area (Å²) in [6.45, 7) is 0. The number of carbonyl (C=O) groups is 1. The van der Waals surface area contributed by atoms with Crippen LogP contribution in [0, 0.1) is 0 Å². The lowest BCUT2D eigenvalue weighted by Gasteiger charge is -2.41. The van der Waals surface area contributed by atoms with E-state index < -0.39 is 0 Å². The number of carbonyl (C=O) groups excluding carboxylic acids is 1. The smallest absolute Gasteiger partial charge is 0.223 e. The maximum absolute atomic E-state index is 10.6. The summed E-state index contributed by atoms with van der Waals surface area (Å²) in [4.78, 5) is 10.6. The van der Waals surface area contributed by atoms with Crippen molar-refractivity contribution in [2.24, 2.45) is 0 Å². The van der Waals surface area contributed by atoms with Gasteiger partial charge >= 0.3 is 0 Å². The van der Waals surface area contributed by atoms with Crippen LogP contribution in [0.25, 0.3) is 0 Å². The molecule has 54 valence electrons. The third-order valence-electron chi connectivity index (χ3n) is 2.29. The van der Waals surface area contributed by atoms with E-state index in [0.717, 1.165) is 6.42 Å². The fourth-order valence-corrected chi connectivity index (χ4v) is 1.72. The van der Waals surface area contributed by atoms with Gasteiger partial charge in [-0.3, -0.25) is 4.79 Å². The van der Waals surface area contributed by atoms with Crippen LogP contribution in [0.15, 0.2) is 12.2 Å². The molecule has 1 saturated heterocycles. The van der Waals surface area contributed by atoms with Gasteiger partial charge in [-0.05, 0) is 19.3 Å². The first-order chi connectivity index (χ1) is 4.81. The summed E-state index contributed by atoms with van der Waals surface area (Å²) >= 11 is 0. The fraction of sp³-hybridized carbons (Fsp3) is 0.625. The maximum Gasteiger partial charge on any atom is 0.223 e. The van der Waals surface area contributed by atoms with Crippen LogP contribution in [-0.2, 0) is 4.79 Å². The number of allylic oxidation sites excluding steroid dienone is 1. The largest absolute Gasteiger partial charge is 0.347 e. The van der Waals surface area contributed by atoms with Gasteiger partial charge in [0.05, 0.1) is 12.0 Å². The number of nitrogens with one attached hydrogen (secondary N) is 1. The van der Waals surface area contributed by atoms with Gasteiger partial charge in [0.15, 0.2) is 0 Å². The van der Waals surface area contributed by atoms with E-state index in [2.05, 4.69) is 17.5 Å². The Bertz CT molecular complexity index is 187. The van der Waals surface area contributed by atoms with Crippen molar-refractivity contribution in [2.45, 2.75) is 31.2 Å². The van der Waals surface area contributed by atoms with Gasteiger partial charge in [0.1, 0.15) is 0 Å². The van der Waals surface area contributed by atoms with Gasteiger partial charge in [-0.15, -0.1) is 0 Å². The highest BCUT2D eigenvalue weighted by Gasteiger charge is 2.40. The van der Waals surface area contributed by atoms with E-state index in [1.807, 2.05) is 0 Å². The van der Waals surface area contributed by atoms with E-state index in [4.69, 9.17) is 0 Å². The van der Waals surface area contributed by atoms with E-state index in [9.17, 15) is 4.79 Å². The molecule has 1 atom stereocenters. The third kappa shape index (κ3) is 0.753. The van der Waals surface area contributed by atoms with E-state index in [0.29, 0.717) is 6.42 Å². The highest BCUT2D eigenvalue weighted by molar-refractivity contribution is 5.85. The van der Waals surface area contributed by atoms with Crippen molar-refractivity contribution in [3.8, 4) is 0 Å². The van der Waals surface area contributed by atoms with Gasteiger partial charge in [0.2, 0.25) is 5.91 Å². The van der Waals surface area contributed by atoms with Crippen LogP contribution < -0.4 is 5.32 Å². The molecule has 1 unspecified atom stereocenters. The zero-order valence-electron chi connectivity index (χ0n) is 5.89. The second-order valence-electron chi connectivity index (χ2n) is 3.18. The molecule has 0 radical (unpaired) electrons. The van der Waals surface area contributed by atoms with Gasteiger partial charge in [0.25, 0.3) is 0 Å². The van der Waals surface area contributed by atoms with Crippen LogP contribution in [0.5, 0.6) is 0 Å². The molecule has 0 aromatic rings. The minimum Gasteiger partial charge on any atom is -0.347 e. The number of amides is 1. The van der Waals surface area contributed by atoms with Crippen LogP contribution in [0.3, 0.4) is 0 Å². The van der Waals surface area contributed by atoms with Gasteiger partial charge in [-0.1, -0.05) is 12.2 Å². The van der Waals surface area contributed by atoms with Gasteiger partial charge in [-0.2, -0.15) is 0 Å². The van der Waals surface area contributed by atoms with Gasteiger partial charge in [0, 0.05) is 0 Å². The molecule has 2 nitrogen and oxygen atoms in total. The lowest BCUT2D eigenvalue weighted by Crippen LogP contribution is -2.60. The molecule has 2 aliphatic rings. The molecule has 1 aliphatic heterocycles. The van der Waals surface area contributed by atoms with E-state index in [-0.39, 0.29) is 11.4 Å². The van der Waals surface area contributed by atoms with Crippen molar-refractivity contribution in [3.63, 3.8) is 0 Å². The summed E-state index contributed by atoms with van der Waals surface area (Å²) in [6, 6.07) is 0. The maximum atomic E-state index is 10.6. The van der Waals surface area contributed by atoms with Gasteiger partial charge in [-0.25, -0.2) is 0 Å². The second-order valence-corrected chi connectivity index (χ2v) is 3.18. The Morgan fingerprint density at radius 1 is 1.60 bits per heavy atom. The monoisotopic (exact) mass is 137 g/mol. The lowest BCUT2D eigenvalue weighted by molar-refractivity contribution is -0.131. The fourth-order valence-electron chi connectivity index (χ4n) is 1.72. The molecular formula is C8H11NO. The zero-order valence-corrected chi connectivity index (χ0v) is 5.89. The Balaban J connectivity index is 2.09. The van der Waals surface area contributed by atoms with Crippen LogP contribution in [0.2, 0.25) is 0 Å². The summed E-state index contributed by atoms with van der Waals surface area (Å²) in [5.74, 6) is 0.201. The van der Waals surface area contributed by atoms with Crippen molar-refractivity contribution in [1.29, 1.82) is 0 Å². The Labute approximate surface area is 60.3 Å². The minimum atomic E-state index is 0.0926. The summed E-state index contributed by atoms with van der Waals surface area (Å²) in [5.41, 5.74) is 0.0926. The predicted molar refractivity (Wildman–Crippen MR) is 38.5 cm³/mol. The molecule has 0 bridgehead atoms. The average molecular weight is 137 g/mol. The molecule has 0 aromatic heterocycles. The summed E-state index contributed by atoms with van der Waals surface area (Å²) in [5, 5.41) is 2.93. The molecule has 0 aromatic carbocycles. The quantitative estimate of drug-likeness (QED) is 0.391. The molecule has 1 fully saturated rings. The first kappa shape index (κ1) is 5.96. The zero-order chi connectivity index (χ0) is 7.03. The average Bonchev–Trinajstić information content (AvgIpc) is 1.87. The highest BCUT2D eigenvalue weighted by atomic mass is 16.2. The van der Waals surface area contributed by atoms with Crippen LogP contribution in [-0.4, -0.2) is 11.4 Å². The summed E-state index contributed by atoms with van der Waals surface area (Å²) in [7, 11) is 0. The Hall–Kier alpha value is -0.790. The molecule has 0 saturated carbocycles. The third-order valence-corrected chi connectivity index (χ3v) is 2.29. The molecule has 2 heteroatoms. The minimum absolute atomic E-state index is 0.0926. The Kier molecular flexibility index (Phi) is 1.10. The summed E-state index contributed by atoms with van der Waals surface area (Å²) < 4.78 is 0. The molecule has 10 heavy (non-hydrogen) atoms. The molecular weight excluding hydrogens is 126 g/mol. The van der Waals surface area contributed by atoms with Crippen LogP contribution in [0.1, 0.15) is 25.7 Å². The number of β-lactam (4-membered cyclic amide) rings is 1. The predicted octanol–water partition coefficient (Wildman–Crippen LogP) is 0.985. The van der Waals surface area contributed by atoms with Crippen molar-refractivity contribution >= 4 is 5.91 Å². The number of hydrogen-bond acceptors (Lipinski definition) is 1. The molecule has 1 heterocycles. The van der Waals surface area contributed by atoms with E-state index in [1.54, 1.807) is 0 Å². The first-order valence-corrected chi connectivity index (χ1v) is 3.80.